The number of benzene rings is 1. The molecule has 1 aliphatic heterocycles. The third-order valence-electron chi connectivity index (χ3n) is 2.59. The highest BCUT2D eigenvalue weighted by Crippen LogP contribution is 2.26. The standard InChI is InChI=1S/C10H12BN2O/c12-10-3-1-8(2-4-10)9-5-13(6-9)11-7-14/h1-4,7,9H,5-6,12H2. The number of anilines is 1. The third kappa shape index (κ3) is 1.80. The number of nitrogen functional groups attached to an aromatic ring is 1. The summed E-state index contributed by atoms with van der Waals surface area (Å²) in [5, 5.41) is 0. The molecule has 4 heteroatoms. The largest absolute Gasteiger partial charge is 0.399 e. The van der Waals surface area contributed by atoms with Gasteiger partial charge in [-0.05, 0) is 30.8 Å². The fourth-order valence-corrected chi connectivity index (χ4v) is 1.70. The van der Waals surface area contributed by atoms with Gasteiger partial charge in [0, 0.05) is 11.6 Å². The monoisotopic (exact) mass is 187 g/mol. The molecule has 0 aliphatic carbocycles. The molecule has 0 saturated carbocycles. The predicted octanol–water partition coefficient (Wildman–Crippen LogP) is 0.477. The molecule has 0 bridgehead atoms. The Hall–Kier alpha value is -1.29. The molecule has 0 amide bonds. The van der Waals surface area contributed by atoms with E-state index >= 15 is 0 Å². The lowest BCUT2D eigenvalue weighted by atomic mass is 9.81. The SMILES string of the molecule is Nc1ccc(C2CN([B]C=O)C2)cc1. The first-order chi connectivity index (χ1) is 6.79. The van der Waals surface area contributed by atoms with Gasteiger partial charge < -0.3 is 15.3 Å². The van der Waals surface area contributed by atoms with Crippen LogP contribution in [-0.4, -0.2) is 31.5 Å². The smallest absolute Gasteiger partial charge is 0.293 e. The highest BCUT2D eigenvalue weighted by molar-refractivity contribution is 6.64. The van der Waals surface area contributed by atoms with Crippen LogP contribution in [0.4, 0.5) is 5.69 Å². The molecule has 0 atom stereocenters. The Labute approximate surface area is 84.2 Å². The fourth-order valence-electron chi connectivity index (χ4n) is 1.70. The van der Waals surface area contributed by atoms with Crippen LogP contribution in [0, 0.1) is 0 Å². The summed E-state index contributed by atoms with van der Waals surface area (Å²) >= 11 is 0. The van der Waals surface area contributed by atoms with Crippen LogP contribution in [0.2, 0.25) is 0 Å². The van der Waals surface area contributed by atoms with Crippen molar-refractivity contribution in [3.63, 3.8) is 0 Å². The van der Waals surface area contributed by atoms with E-state index in [4.69, 9.17) is 5.73 Å². The zero-order chi connectivity index (χ0) is 9.97. The molecule has 1 radical (unpaired) electrons. The van der Waals surface area contributed by atoms with Crippen molar-refractivity contribution in [2.75, 3.05) is 18.8 Å². The van der Waals surface area contributed by atoms with E-state index in [2.05, 4.69) is 12.1 Å². The fraction of sp³-hybridized carbons (Fsp3) is 0.300. The van der Waals surface area contributed by atoms with Gasteiger partial charge in [0.25, 0.3) is 7.41 Å². The Balaban J connectivity index is 1.93. The maximum atomic E-state index is 10.2. The van der Waals surface area contributed by atoms with Crippen LogP contribution in [-0.2, 0) is 4.79 Å². The number of nitrogens with two attached hydrogens (primary N) is 1. The van der Waals surface area contributed by atoms with E-state index in [-0.39, 0.29) is 0 Å². The minimum atomic E-state index is 0.548. The minimum Gasteiger partial charge on any atom is -0.399 e. The van der Waals surface area contributed by atoms with E-state index in [9.17, 15) is 4.79 Å². The molecule has 2 rings (SSSR count). The van der Waals surface area contributed by atoms with Crippen LogP contribution in [0.15, 0.2) is 24.3 Å². The Bertz CT molecular complexity index is 319. The Morgan fingerprint density at radius 2 is 2.00 bits per heavy atom. The molecule has 71 valence electrons. The minimum absolute atomic E-state index is 0.548. The highest BCUT2D eigenvalue weighted by Gasteiger charge is 2.27. The van der Waals surface area contributed by atoms with Gasteiger partial charge in [-0.25, -0.2) is 0 Å². The van der Waals surface area contributed by atoms with Crippen molar-refractivity contribution >= 4 is 19.3 Å². The van der Waals surface area contributed by atoms with Gasteiger partial charge in [-0.1, -0.05) is 12.1 Å². The molecule has 14 heavy (non-hydrogen) atoms. The summed E-state index contributed by atoms with van der Waals surface area (Å²) in [5.41, 5.74) is 7.69. The van der Waals surface area contributed by atoms with E-state index in [0.717, 1.165) is 25.0 Å². The third-order valence-corrected chi connectivity index (χ3v) is 2.59. The van der Waals surface area contributed by atoms with Crippen LogP contribution in [0.25, 0.3) is 0 Å². The van der Waals surface area contributed by atoms with Gasteiger partial charge in [-0.3, -0.25) is 0 Å². The van der Waals surface area contributed by atoms with Crippen LogP contribution in [0.3, 0.4) is 0 Å². The highest BCUT2D eigenvalue weighted by atomic mass is 16.1. The summed E-state index contributed by atoms with van der Waals surface area (Å²) in [6, 6.07) is 7.94. The van der Waals surface area contributed by atoms with E-state index in [1.807, 2.05) is 16.9 Å². The molecule has 1 saturated heterocycles. The summed E-state index contributed by atoms with van der Waals surface area (Å²) in [5.74, 6) is 0.548. The molecule has 1 aromatic carbocycles. The van der Waals surface area contributed by atoms with E-state index in [1.165, 1.54) is 5.56 Å². The van der Waals surface area contributed by atoms with Crippen LogP contribution in [0.5, 0.6) is 0 Å². The average molecular weight is 187 g/mol. The molecule has 0 aromatic heterocycles. The first-order valence-electron chi connectivity index (χ1n) is 4.67. The van der Waals surface area contributed by atoms with Gasteiger partial charge in [0.15, 0.2) is 0 Å². The lowest BCUT2D eigenvalue weighted by molar-refractivity contribution is 0.273. The summed E-state index contributed by atoms with van der Waals surface area (Å²) in [6.45, 7) is 1.87. The number of hydrogen-bond donors (Lipinski definition) is 1. The summed E-state index contributed by atoms with van der Waals surface area (Å²) in [7, 11) is 1.59. The van der Waals surface area contributed by atoms with Crippen LogP contribution in [0.1, 0.15) is 11.5 Å². The Morgan fingerprint density at radius 1 is 1.36 bits per heavy atom. The van der Waals surface area contributed by atoms with Gasteiger partial charge >= 0.3 is 0 Å². The zero-order valence-corrected chi connectivity index (χ0v) is 7.89. The van der Waals surface area contributed by atoms with Crippen molar-refractivity contribution < 1.29 is 4.79 Å². The maximum absolute atomic E-state index is 10.2. The quantitative estimate of drug-likeness (QED) is 0.425. The molecule has 1 fully saturated rings. The lowest BCUT2D eigenvalue weighted by Crippen LogP contribution is -2.47. The molecule has 1 aromatic rings. The summed E-state index contributed by atoms with van der Waals surface area (Å²) < 4.78 is 0. The van der Waals surface area contributed by atoms with Crippen molar-refractivity contribution in [3.05, 3.63) is 29.8 Å². The normalized spacial score (nSPS) is 17.4. The van der Waals surface area contributed by atoms with Gasteiger partial charge in [0.05, 0.1) is 6.19 Å². The van der Waals surface area contributed by atoms with Crippen molar-refractivity contribution in [1.29, 1.82) is 0 Å². The van der Waals surface area contributed by atoms with Crippen molar-refractivity contribution in [2.45, 2.75) is 5.92 Å². The molecule has 1 aliphatic rings. The summed E-state index contributed by atoms with van der Waals surface area (Å²) in [4.78, 5) is 12.2. The number of nitrogens with zero attached hydrogens (tertiary/aromatic N) is 1. The first kappa shape index (κ1) is 9.28. The molecular weight excluding hydrogens is 175 g/mol. The topological polar surface area (TPSA) is 46.3 Å². The van der Waals surface area contributed by atoms with E-state index < -0.39 is 0 Å². The zero-order valence-electron chi connectivity index (χ0n) is 7.89. The number of carbonyl (C=O) groups excluding carboxylic acids is 1. The summed E-state index contributed by atoms with van der Waals surface area (Å²) in [6.07, 6.45) is 0.833. The predicted molar refractivity (Wildman–Crippen MR) is 57.7 cm³/mol. The second-order valence-corrected chi connectivity index (χ2v) is 3.60. The van der Waals surface area contributed by atoms with Crippen molar-refractivity contribution in [1.82, 2.24) is 4.81 Å². The second-order valence-electron chi connectivity index (χ2n) is 3.60. The maximum Gasteiger partial charge on any atom is 0.293 e. The van der Waals surface area contributed by atoms with Crippen LogP contribution < -0.4 is 5.73 Å². The number of carbonyl (C=O) groups is 1. The van der Waals surface area contributed by atoms with Gasteiger partial charge in [0.1, 0.15) is 0 Å². The molecule has 0 spiro atoms. The first-order valence-corrected chi connectivity index (χ1v) is 4.67. The molecule has 3 nitrogen and oxygen atoms in total. The van der Waals surface area contributed by atoms with Crippen molar-refractivity contribution in [2.24, 2.45) is 0 Å². The molecular formula is C10H12BN2O. The molecule has 0 unspecified atom stereocenters. The average Bonchev–Trinajstić information content (AvgIpc) is 2.13. The Morgan fingerprint density at radius 3 is 2.57 bits per heavy atom. The van der Waals surface area contributed by atoms with Gasteiger partial charge in [0.2, 0.25) is 0 Å². The number of hydrogen-bond acceptors (Lipinski definition) is 3. The van der Waals surface area contributed by atoms with E-state index in [0.29, 0.717) is 5.92 Å². The van der Waals surface area contributed by atoms with Crippen molar-refractivity contribution in [3.8, 4) is 0 Å². The second kappa shape index (κ2) is 3.84. The van der Waals surface area contributed by atoms with Crippen LogP contribution >= 0.6 is 0 Å². The molecule has 1 heterocycles. The number of rotatable bonds is 3. The van der Waals surface area contributed by atoms with Gasteiger partial charge in [-0.15, -0.1) is 0 Å². The van der Waals surface area contributed by atoms with Gasteiger partial charge in [-0.2, -0.15) is 0 Å². The molecule has 2 N–H and O–H groups in total. The lowest BCUT2D eigenvalue weighted by Gasteiger charge is -2.38. The van der Waals surface area contributed by atoms with E-state index in [1.54, 1.807) is 7.41 Å². The Kier molecular flexibility index (Phi) is 2.54.